The quantitative estimate of drug-likeness (QED) is 0.251. The Morgan fingerprint density at radius 2 is 1.69 bits per heavy atom. The number of methoxy groups -OCH3 is 1. The van der Waals surface area contributed by atoms with Gasteiger partial charge in [-0.15, -0.1) is 5.10 Å². The summed E-state index contributed by atoms with van der Waals surface area (Å²) in [7, 11) is 1.56. The van der Waals surface area contributed by atoms with Gasteiger partial charge in [-0.3, -0.25) is 15.0 Å². The molecule has 0 bridgehead atoms. The number of amides is 2. The normalized spacial score (nSPS) is 21.0. The minimum absolute atomic E-state index is 0.0482. The number of tetrazole rings is 1. The van der Waals surface area contributed by atoms with Crippen molar-refractivity contribution in [3.63, 3.8) is 0 Å². The van der Waals surface area contributed by atoms with Gasteiger partial charge in [-0.2, -0.15) is 0 Å². The van der Waals surface area contributed by atoms with Crippen molar-refractivity contribution in [3.8, 4) is 11.4 Å². The van der Waals surface area contributed by atoms with Crippen molar-refractivity contribution in [2.24, 2.45) is 0 Å². The van der Waals surface area contributed by atoms with Crippen LogP contribution in [0.1, 0.15) is 47.2 Å². The van der Waals surface area contributed by atoms with E-state index >= 15 is 0 Å². The van der Waals surface area contributed by atoms with Crippen molar-refractivity contribution in [2.75, 3.05) is 66.1 Å². The molecule has 4 aromatic rings. The van der Waals surface area contributed by atoms with E-state index in [0.717, 1.165) is 43.6 Å². The van der Waals surface area contributed by atoms with Gasteiger partial charge in [-0.05, 0) is 97.2 Å². The summed E-state index contributed by atoms with van der Waals surface area (Å²) in [5.41, 5.74) is 5.46. The lowest BCUT2D eigenvalue weighted by Crippen LogP contribution is -2.57. The number of carbonyl (C=O) groups is 2. The number of hydrogen-bond acceptors (Lipinski definition) is 9. The lowest BCUT2D eigenvalue weighted by molar-refractivity contribution is -0.135. The molecule has 0 spiro atoms. The van der Waals surface area contributed by atoms with Gasteiger partial charge in [0, 0.05) is 31.6 Å². The van der Waals surface area contributed by atoms with E-state index in [2.05, 4.69) is 38.0 Å². The fraction of sp³-hybridized carbons (Fsp3) is 0.432. The Hall–Kier alpha value is -4.07. The van der Waals surface area contributed by atoms with Crippen LogP contribution in [0.3, 0.4) is 0 Å². The topological polar surface area (TPSA) is 118 Å². The van der Waals surface area contributed by atoms with Gasteiger partial charge in [-0.1, -0.05) is 59.6 Å². The number of piperidine rings is 1. The highest BCUT2D eigenvalue weighted by molar-refractivity contribution is 6.42. The summed E-state index contributed by atoms with van der Waals surface area (Å²) in [6, 6.07) is 21.3. The molecule has 51 heavy (non-hydrogen) atoms. The molecular formula is C37H42Cl2N8O4. The van der Waals surface area contributed by atoms with Gasteiger partial charge in [0.15, 0.2) is 0 Å². The third-order valence-electron chi connectivity index (χ3n) is 10.8. The first-order valence-corrected chi connectivity index (χ1v) is 18.1. The molecule has 3 aromatic carbocycles. The number of hydrazine groups is 1. The Morgan fingerprint density at radius 3 is 2.39 bits per heavy atom. The number of morpholine rings is 1. The summed E-state index contributed by atoms with van der Waals surface area (Å²) >= 11 is 13.0. The van der Waals surface area contributed by atoms with Gasteiger partial charge in [0.05, 0.1) is 47.0 Å². The molecule has 3 fully saturated rings. The summed E-state index contributed by atoms with van der Waals surface area (Å²) < 4.78 is 12.6. The second kappa shape index (κ2) is 15.3. The predicted molar refractivity (Wildman–Crippen MR) is 193 cm³/mol. The molecule has 1 atom stereocenters. The second-order valence-corrected chi connectivity index (χ2v) is 14.4. The van der Waals surface area contributed by atoms with Crippen molar-refractivity contribution in [2.45, 2.75) is 36.5 Å². The number of hydrogen-bond donors (Lipinski definition) is 1. The molecule has 12 nitrogen and oxygen atoms in total. The first kappa shape index (κ1) is 35.3. The van der Waals surface area contributed by atoms with E-state index in [1.807, 2.05) is 52.4 Å². The van der Waals surface area contributed by atoms with Gasteiger partial charge >= 0.3 is 0 Å². The number of nitrogens with zero attached hydrogens (tertiary/aromatic N) is 7. The second-order valence-electron chi connectivity index (χ2n) is 13.6. The fourth-order valence-corrected chi connectivity index (χ4v) is 8.07. The number of aromatic nitrogens is 4. The van der Waals surface area contributed by atoms with Crippen LogP contribution >= 0.6 is 23.2 Å². The standard InChI is InChI=1S/C37H42Cl2N8O4/c1-50-33-10-8-29(47-26-40-42-43-47)24-30(33)34(48)45-18-12-36(25-45,28-7-9-31(38)32(39)23-28)11-15-44-16-13-37(14-17-44,27-5-3-2-4-6-27)35(49)41-46-19-21-51-22-20-46/h2-10,23-24,26H,11-22,25H2,1H3,(H,41,49). The lowest BCUT2D eigenvalue weighted by atomic mass is 9.71. The minimum Gasteiger partial charge on any atom is -0.496 e. The summed E-state index contributed by atoms with van der Waals surface area (Å²) in [5, 5.41) is 14.4. The molecular weight excluding hydrogens is 691 g/mol. The largest absolute Gasteiger partial charge is 0.496 e. The molecule has 1 aromatic heterocycles. The molecule has 3 aliphatic heterocycles. The highest BCUT2D eigenvalue weighted by Gasteiger charge is 2.46. The average Bonchev–Trinajstić information content (AvgIpc) is 3.88. The Balaban J connectivity index is 1.09. The first-order valence-electron chi connectivity index (χ1n) is 17.4. The van der Waals surface area contributed by atoms with Crippen LogP contribution < -0.4 is 10.2 Å². The maximum Gasteiger partial charge on any atom is 0.257 e. The molecule has 4 heterocycles. The molecule has 0 saturated carbocycles. The molecule has 3 aliphatic rings. The zero-order chi connectivity index (χ0) is 35.4. The number of halogens is 2. The zero-order valence-electron chi connectivity index (χ0n) is 28.6. The van der Waals surface area contributed by atoms with Crippen molar-refractivity contribution in [1.29, 1.82) is 0 Å². The van der Waals surface area contributed by atoms with E-state index in [1.165, 1.54) is 11.0 Å². The number of benzene rings is 3. The number of likely N-dealkylation sites (tertiary alicyclic amines) is 2. The summed E-state index contributed by atoms with van der Waals surface area (Å²) in [5.74, 6) is 0.407. The SMILES string of the molecule is COc1ccc(-n2cnnn2)cc1C(=O)N1CCC(CCN2CCC(C(=O)NN3CCOCC3)(c3ccccc3)CC2)(c2ccc(Cl)c(Cl)c2)C1. The maximum absolute atomic E-state index is 14.2. The third kappa shape index (κ3) is 7.33. The van der Waals surface area contributed by atoms with E-state index in [0.29, 0.717) is 79.3 Å². The van der Waals surface area contributed by atoms with E-state index in [9.17, 15) is 9.59 Å². The fourth-order valence-electron chi connectivity index (χ4n) is 7.77. The molecule has 14 heteroatoms. The van der Waals surface area contributed by atoms with E-state index in [1.54, 1.807) is 19.2 Å². The number of carbonyl (C=O) groups excluding carboxylic acids is 2. The molecule has 0 aliphatic carbocycles. The average molecular weight is 734 g/mol. The molecule has 268 valence electrons. The molecule has 7 rings (SSSR count). The van der Waals surface area contributed by atoms with Crippen LogP contribution in [-0.4, -0.2) is 113 Å². The van der Waals surface area contributed by atoms with Gasteiger partial charge in [0.25, 0.3) is 5.91 Å². The Bertz CT molecular complexity index is 1830. The van der Waals surface area contributed by atoms with Gasteiger partial charge in [0.2, 0.25) is 5.91 Å². The van der Waals surface area contributed by atoms with Crippen molar-refractivity contribution in [3.05, 3.63) is 99.8 Å². The Kier molecular flexibility index (Phi) is 10.6. The minimum atomic E-state index is -0.621. The van der Waals surface area contributed by atoms with Crippen LogP contribution in [0.4, 0.5) is 0 Å². The molecule has 3 saturated heterocycles. The van der Waals surface area contributed by atoms with E-state index in [4.69, 9.17) is 32.7 Å². The molecule has 1 N–H and O–H groups in total. The summed E-state index contributed by atoms with van der Waals surface area (Å²) in [6.45, 7) is 5.98. The molecule has 2 amide bonds. The van der Waals surface area contributed by atoms with E-state index < -0.39 is 5.41 Å². The van der Waals surface area contributed by atoms with Gasteiger partial charge in [-0.25, -0.2) is 9.69 Å². The highest BCUT2D eigenvalue weighted by atomic mass is 35.5. The summed E-state index contributed by atoms with van der Waals surface area (Å²) in [6.07, 6.45) is 4.45. The van der Waals surface area contributed by atoms with Crippen LogP contribution in [-0.2, 0) is 20.4 Å². The monoisotopic (exact) mass is 732 g/mol. The van der Waals surface area contributed by atoms with Crippen LogP contribution in [0.5, 0.6) is 5.75 Å². The third-order valence-corrected chi connectivity index (χ3v) is 11.6. The molecule has 0 radical (unpaired) electrons. The van der Waals surface area contributed by atoms with Crippen molar-refractivity contribution < 1.29 is 19.1 Å². The van der Waals surface area contributed by atoms with E-state index in [-0.39, 0.29) is 17.2 Å². The van der Waals surface area contributed by atoms with Crippen molar-refractivity contribution >= 4 is 35.0 Å². The lowest BCUT2D eigenvalue weighted by Gasteiger charge is -2.43. The number of nitrogens with one attached hydrogen (secondary N) is 1. The van der Waals surface area contributed by atoms with Gasteiger partial charge in [0.1, 0.15) is 12.1 Å². The summed E-state index contributed by atoms with van der Waals surface area (Å²) in [4.78, 5) is 32.6. The molecule has 1 unspecified atom stereocenters. The van der Waals surface area contributed by atoms with Crippen molar-refractivity contribution in [1.82, 2.24) is 40.4 Å². The van der Waals surface area contributed by atoms with Gasteiger partial charge < -0.3 is 19.3 Å². The number of ether oxygens (including phenoxy) is 2. The van der Waals surface area contributed by atoms with Crippen LogP contribution in [0.25, 0.3) is 5.69 Å². The predicted octanol–water partition coefficient (Wildman–Crippen LogP) is 4.55. The van der Waals surface area contributed by atoms with Crippen LogP contribution in [0.15, 0.2) is 73.1 Å². The highest BCUT2D eigenvalue weighted by Crippen LogP contribution is 2.42. The Labute approximate surface area is 307 Å². The number of rotatable bonds is 10. The smallest absolute Gasteiger partial charge is 0.257 e. The first-order chi connectivity index (χ1) is 24.8. The van der Waals surface area contributed by atoms with Crippen LogP contribution in [0, 0.1) is 0 Å². The van der Waals surface area contributed by atoms with Crippen LogP contribution in [0.2, 0.25) is 10.0 Å². The maximum atomic E-state index is 14.2. The Morgan fingerprint density at radius 1 is 0.902 bits per heavy atom. The zero-order valence-corrected chi connectivity index (χ0v) is 30.2.